The Bertz CT molecular complexity index is 1150. The van der Waals surface area contributed by atoms with Crippen molar-refractivity contribution >= 4 is 29.0 Å². The number of anilines is 1. The number of carbonyl (C=O) groups is 2. The van der Waals surface area contributed by atoms with Crippen molar-refractivity contribution in [3.8, 4) is 12.1 Å². The number of nitro groups is 1. The molecule has 2 aromatic carbocycles. The summed E-state index contributed by atoms with van der Waals surface area (Å²) in [5.41, 5.74) is 5.93. The summed E-state index contributed by atoms with van der Waals surface area (Å²) >= 11 is 0. The smallest absolute Gasteiger partial charge is 0.326 e. The van der Waals surface area contributed by atoms with E-state index in [2.05, 4.69) is 21.9 Å². The van der Waals surface area contributed by atoms with Crippen LogP contribution < -0.4 is 22.0 Å². The highest BCUT2D eigenvalue weighted by Crippen LogP contribution is 2.22. The minimum Gasteiger partial charge on any atom is -0.326 e. The van der Waals surface area contributed by atoms with Gasteiger partial charge < -0.3 is 5.32 Å². The van der Waals surface area contributed by atoms with Crippen LogP contribution in [0.5, 0.6) is 0 Å². The van der Waals surface area contributed by atoms with E-state index in [-0.39, 0.29) is 37.3 Å². The predicted molar refractivity (Wildman–Crippen MR) is 123 cm³/mol. The molecule has 0 radical (unpaired) electrons. The maximum atomic E-state index is 12.3. The average molecular weight is 462 g/mol. The summed E-state index contributed by atoms with van der Waals surface area (Å²) in [6.45, 7) is 0. The number of nitrogens with two attached hydrogens (primary N) is 1. The Hall–Kier alpha value is -4.81. The number of urea groups is 1. The molecule has 0 spiro atoms. The van der Waals surface area contributed by atoms with Gasteiger partial charge in [-0.2, -0.15) is 15.6 Å². The van der Waals surface area contributed by atoms with Crippen LogP contribution in [0.2, 0.25) is 0 Å². The quantitative estimate of drug-likeness (QED) is 0.137. The highest BCUT2D eigenvalue weighted by molar-refractivity contribution is 5.95. The molecular weight excluding hydrogens is 440 g/mol. The molecule has 0 heterocycles. The number of hydrogen-bond acceptors (Lipinski definition) is 8. The zero-order valence-electron chi connectivity index (χ0n) is 18.0. The fourth-order valence-electron chi connectivity index (χ4n) is 3.03. The Kier molecular flexibility index (Phi) is 9.66. The van der Waals surface area contributed by atoms with Crippen LogP contribution in [-0.4, -0.2) is 22.6 Å². The molecule has 5 N–H and O–H groups in total. The standard InChI is InChI=1S/C22H22N8O4/c23-12-11-15-7-9-16(10-8-15)19(14-24)20(28-29-22(32)27-25)5-2-6-21(31)26-17-3-1-4-18(13-17)30(33)34/h1,3-4,7-10,13,19H,2,5-6,11,25H2,(H,26,31)(H2,27,29,32)/b28-20-. The molecule has 0 fully saturated rings. The number of nitrogens with zero attached hydrogens (tertiary/aromatic N) is 4. The van der Waals surface area contributed by atoms with Crippen LogP contribution in [0.1, 0.15) is 36.3 Å². The molecule has 2 aromatic rings. The molecule has 0 aliphatic carbocycles. The lowest BCUT2D eigenvalue weighted by Gasteiger charge is -2.14. The largest absolute Gasteiger partial charge is 0.349 e. The van der Waals surface area contributed by atoms with Crippen molar-refractivity contribution in [2.75, 3.05) is 5.32 Å². The van der Waals surface area contributed by atoms with E-state index in [1.807, 2.05) is 11.5 Å². The van der Waals surface area contributed by atoms with Gasteiger partial charge in [-0.05, 0) is 30.0 Å². The predicted octanol–water partition coefficient (Wildman–Crippen LogP) is 2.61. The van der Waals surface area contributed by atoms with Crippen LogP contribution in [-0.2, 0) is 11.2 Å². The van der Waals surface area contributed by atoms with Gasteiger partial charge in [0.15, 0.2) is 0 Å². The number of nitrogens with one attached hydrogen (secondary N) is 3. The summed E-state index contributed by atoms with van der Waals surface area (Å²) in [4.78, 5) is 34.1. The molecule has 12 heteroatoms. The maximum absolute atomic E-state index is 12.3. The molecular formula is C22H22N8O4. The Morgan fingerprint density at radius 1 is 1.15 bits per heavy atom. The molecule has 3 amide bonds. The van der Waals surface area contributed by atoms with Crippen LogP contribution in [0.15, 0.2) is 53.6 Å². The van der Waals surface area contributed by atoms with Crippen LogP contribution >= 0.6 is 0 Å². The number of hydrazine groups is 1. The van der Waals surface area contributed by atoms with Gasteiger partial charge in [-0.3, -0.25) is 20.3 Å². The van der Waals surface area contributed by atoms with E-state index in [0.717, 1.165) is 5.56 Å². The summed E-state index contributed by atoms with van der Waals surface area (Å²) in [5.74, 6) is 3.86. The molecule has 12 nitrogen and oxygen atoms in total. The number of benzene rings is 2. The van der Waals surface area contributed by atoms with Crippen molar-refractivity contribution in [1.29, 1.82) is 10.5 Å². The van der Waals surface area contributed by atoms with Crippen molar-refractivity contribution in [1.82, 2.24) is 10.9 Å². The molecule has 0 saturated carbocycles. The molecule has 2 rings (SSSR count). The molecule has 0 bridgehead atoms. The Balaban J connectivity index is 2.08. The Morgan fingerprint density at radius 2 is 1.88 bits per heavy atom. The van der Waals surface area contributed by atoms with Gasteiger partial charge in [-0.25, -0.2) is 16.1 Å². The van der Waals surface area contributed by atoms with Crippen molar-refractivity contribution < 1.29 is 14.5 Å². The van der Waals surface area contributed by atoms with Crippen LogP contribution in [0.3, 0.4) is 0 Å². The molecule has 0 aliphatic rings. The van der Waals surface area contributed by atoms with E-state index >= 15 is 0 Å². The van der Waals surface area contributed by atoms with E-state index in [1.54, 1.807) is 24.3 Å². The number of carbonyl (C=O) groups excluding carboxylic acids is 2. The first-order chi connectivity index (χ1) is 16.4. The topological polar surface area (TPSA) is 199 Å². The summed E-state index contributed by atoms with van der Waals surface area (Å²) in [6, 6.07) is 15.8. The van der Waals surface area contributed by atoms with Crippen LogP contribution in [0.4, 0.5) is 16.2 Å². The lowest BCUT2D eigenvalue weighted by Crippen LogP contribution is -2.38. The molecule has 1 unspecified atom stereocenters. The zero-order chi connectivity index (χ0) is 24.9. The van der Waals surface area contributed by atoms with Gasteiger partial charge in [0.05, 0.1) is 29.2 Å². The Labute approximate surface area is 195 Å². The summed E-state index contributed by atoms with van der Waals surface area (Å²) < 4.78 is 0. The second-order valence-electron chi connectivity index (χ2n) is 7.04. The first kappa shape index (κ1) is 25.5. The maximum Gasteiger partial charge on any atom is 0.349 e. The molecule has 0 saturated heterocycles. The molecule has 1 atom stereocenters. The number of rotatable bonds is 10. The lowest BCUT2D eigenvalue weighted by molar-refractivity contribution is -0.384. The van der Waals surface area contributed by atoms with Crippen molar-refractivity contribution in [3.63, 3.8) is 0 Å². The SMILES string of the molecule is N#CCc1ccc(C(C#N)/C(CCCC(=O)Nc2cccc([N+](=O)[O-])c2)=N\NC(=O)NN)cc1. The van der Waals surface area contributed by atoms with Gasteiger partial charge in [-0.1, -0.05) is 30.3 Å². The van der Waals surface area contributed by atoms with E-state index in [1.165, 1.54) is 24.3 Å². The van der Waals surface area contributed by atoms with Crippen molar-refractivity contribution in [3.05, 3.63) is 69.8 Å². The third kappa shape index (κ3) is 7.71. The van der Waals surface area contributed by atoms with Crippen molar-refractivity contribution in [2.24, 2.45) is 10.9 Å². The molecule has 34 heavy (non-hydrogen) atoms. The van der Waals surface area contributed by atoms with Gasteiger partial charge in [0.25, 0.3) is 5.69 Å². The third-order valence-corrected chi connectivity index (χ3v) is 4.67. The normalized spacial score (nSPS) is 11.4. The zero-order valence-corrected chi connectivity index (χ0v) is 18.0. The fraction of sp³-hybridized carbons (Fsp3) is 0.227. The minimum absolute atomic E-state index is 0.0457. The van der Waals surface area contributed by atoms with Crippen LogP contribution in [0, 0.1) is 32.8 Å². The minimum atomic E-state index is -0.811. The highest BCUT2D eigenvalue weighted by Gasteiger charge is 2.19. The first-order valence-electron chi connectivity index (χ1n) is 10.1. The average Bonchev–Trinajstić information content (AvgIpc) is 2.83. The van der Waals surface area contributed by atoms with Crippen molar-refractivity contribution in [2.45, 2.75) is 31.6 Å². The number of amides is 3. The van der Waals surface area contributed by atoms with Gasteiger partial charge in [0.1, 0.15) is 5.92 Å². The number of non-ortho nitro benzene ring substituents is 1. The number of hydrazone groups is 1. The Morgan fingerprint density at radius 3 is 2.50 bits per heavy atom. The van der Waals surface area contributed by atoms with Gasteiger partial charge >= 0.3 is 6.03 Å². The number of hydrogen-bond donors (Lipinski definition) is 4. The summed E-state index contributed by atoms with van der Waals surface area (Å²) in [7, 11) is 0. The third-order valence-electron chi connectivity index (χ3n) is 4.67. The van der Waals surface area contributed by atoms with Gasteiger partial charge in [0, 0.05) is 24.2 Å². The second kappa shape index (κ2) is 12.9. The van der Waals surface area contributed by atoms with Gasteiger partial charge in [0.2, 0.25) is 5.91 Å². The highest BCUT2D eigenvalue weighted by atomic mass is 16.6. The van der Waals surface area contributed by atoms with Crippen LogP contribution in [0.25, 0.3) is 0 Å². The number of nitriles is 2. The monoisotopic (exact) mass is 462 g/mol. The lowest BCUT2D eigenvalue weighted by atomic mass is 9.91. The first-order valence-corrected chi connectivity index (χ1v) is 10.1. The van der Waals surface area contributed by atoms with E-state index in [4.69, 9.17) is 11.1 Å². The van der Waals surface area contributed by atoms with E-state index in [9.17, 15) is 25.0 Å². The van der Waals surface area contributed by atoms with E-state index < -0.39 is 16.9 Å². The van der Waals surface area contributed by atoms with E-state index in [0.29, 0.717) is 17.0 Å². The molecule has 174 valence electrons. The number of nitro benzene ring substituents is 1. The summed E-state index contributed by atoms with van der Waals surface area (Å²) in [5, 5.41) is 36.0. The fourth-order valence-corrected chi connectivity index (χ4v) is 3.03. The molecule has 0 aliphatic heterocycles. The summed E-state index contributed by atoms with van der Waals surface area (Å²) in [6.07, 6.45) is 0.766. The van der Waals surface area contributed by atoms with Gasteiger partial charge in [-0.15, -0.1) is 0 Å². The molecule has 0 aromatic heterocycles. The second-order valence-corrected chi connectivity index (χ2v) is 7.04.